The Morgan fingerprint density at radius 3 is 2.66 bits per heavy atom. The lowest BCUT2D eigenvalue weighted by atomic mass is 9.93. The monoisotopic (exact) mass is 554 g/mol. The summed E-state index contributed by atoms with van der Waals surface area (Å²) in [7, 11) is 0. The van der Waals surface area contributed by atoms with Crippen molar-refractivity contribution in [3.8, 4) is 6.07 Å². The zero-order valence-corrected chi connectivity index (χ0v) is 22.6. The van der Waals surface area contributed by atoms with Crippen molar-refractivity contribution in [3.63, 3.8) is 0 Å². The molecule has 2 aliphatic heterocycles. The molecule has 9 nitrogen and oxygen atoms in total. The maximum absolute atomic E-state index is 14.3. The van der Waals surface area contributed by atoms with Gasteiger partial charge in [-0.05, 0) is 74.8 Å². The van der Waals surface area contributed by atoms with Gasteiger partial charge < -0.3 is 19.7 Å². The standard InChI is InChI=1S/C31H31FN6O3/c32-25-14-20(16-33)4-5-23(25)17-34-29-3-1-2-26(35-29)21-8-11-37(12-9-21)19-30-36-27-7-6-22(31(39)40)15-28(27)38(30)18-24-10-13-41-24/h1-7,14-15,21,24H,8-13,17-19H2,(H,34,35)(H,39,40). The van der Waals surface area contributed by atoms with Crippen molar-refractivity contribution >= 4 is 22.8 Å². The van der Waals surface area contributed by atoms with E-state index >= 15 is 0 Å². The molecule has 1 atom stereocenters. The molecule has 0 saturated carbocycles. The molecule has 0 amide bonds. The molecule has 10 heteroatoms. The molecule has 2 aromatic heterocycles. The number of hydrogen-bond acceptors (Lipinski definition) is 7. The Bertz CT molecular complexity index is 1620. The van der Waals surface area contributed by atoms with Crippen LogP contribution < -0.4 is 5.32 Å². The molecule has 2 N–H and O–H groups in total. The fourth-order valence-electron chi connectivity index (χ4n) is 5.57. The van der Waals surface area contributed by atoms with Crippen molar-refractivity contribution in [2.24, 2.45) is 0 Å². The highest BCUT2D eigenvalue weighted by atomic mass is 19.1. The second-order valence-corrected chi connectivity index (χ2v) is 10.7. The first-order valence-corrected chi connectivity index (χ1v) is 13.9. The van der Waals surface area contributed by atoms with Gasteiger partial charge in [0.15, 0.2) is 0 Å². The maximum atomic E-state index is 14.3. The molecule has 210 valence electrons. The SMILES string of the molecule is N#Cc1ccc(CNc2cccc(C3CCN(Cc4nc5ccc(C(=O)O)cc5n4CC4CCO4)CC3)n2)c(F)c1. The minimum Gasteiger partial charge on any atom is -0.478 e. The number of benzene rings is 2. The van der Waals surface area contributed by atoms with E-state index in [9.17, 15) is 14.3 Å². The first-order chi connectivity index (χ1) is 20.0. The summed E-state index contributed by atoms with van der Waals surface area (Å²) in [5.74, 6) is 0.589. The van der Waals surface area contributed by atoms with E-state index in [-0.39, 0.29) is 18.2 Å². The van der Waals surface area contributed by atoms with E-state index in [0.29, 0.717) is 36.0 Å². The van der Waals surface area contributed by atoms with Gasteiger partial charge in [-0.3, -0.25) is 4.90 Å². The van der Waals surface area contributed by atoms with Crippen LogP contribution in [0.25, 0.3) is 11.0 Å². The van der Waals surface area contributed by atoms with Crippen LogP contribution in [-0.2, 0) is 24.4 Å². The lowest BCUT2D eigenvalue weighted by molar-refractivity contribution is -0.0592. The molecule has 0 spiro atoms. The third-order valence-corrected chi connectivity index (χ3v) is 8.04. The third kappa shape index (κ3) is 5.92. The van der Waals surface area contributed by atoms with Crippen LogP contribution in [0.4, 0.5) is 10.2 Å². The number of halogens is 1. The number of carboxylic acids is 1. The number of rotatable bonds is 9. The van der Waals surface area contributed by atoms with Crippen molar-refractivity contribution < 1.29 is 19.0 Å². The molecule has 2 aromatic carbocycles. The lowest BCUT2D eigenvalue weighted by Gasteiger charge is -2.32. The maximum Gasteiger partial charge on any atom is 0.335 e. The summed E-state index contributed by atoms with van der Waals surface area (Å²) in [4.78, 5) is 23.7. The predicted molar refractivity (Wildman–Crippen MR) is 151 cm³/mol. The molecule has 4 heterocycles. The minimum atomic E-state index is -0.947. The molecule has 1 unspecified atom stereocenters. The summed E-state index contributed by atoms with van der Waals surface area (Å²) in [5, 5.41) is 21.6. The Morgan fingerprint density at radius 1 is 1.12 bits per heavy atom. The van der Waals surface area contributed by atoms with E-state index < -0.39 is 11.8 Å². The lowest BCUT2D eigenvalue weighted by Crippen LogP contribution is -2.35. The normalized spacial score (nSPS) is 17.7. The van der Waals surface area contributed by atoms with Gasteiger partial charge >= 0.3 is 5.97 Å². The molecule has 0 bridgehead atoms. The Morgan fingerprint density at radius 2 is 1.95 bits per heavy atom. The number of nitrogens with one attached hydrogen (secondary N) is 1. The van der Waals surface area contributed by atoms with Gasteiger partial charge in [-0.25, -0.2) is 19.2 Å². The van der Waals surface area contributed by atoms with Gasteiger partial charge in [0, 0.05) is 30.3 Å². The summed E-state index contributed by atoms with van der Waals surface area (Å²) < 4.78 is 22.1. The van der Waals surface area contributed by atoms with Crippen LogP contribution in [0.3, 0.4) is 0 Å². The number of nitriles is 1. The molecular formula is C31H31FN6O3. The van der Waals surface area contributed by atoms with Crippen molar-refractivity contribution in [2.75, 3.05) is 25.0 Å². The topological polar surface area (TPSA) is 116 Å². The highest BCUT2D eigenvalue weighted by Gasteiger charge is 2.26. The van der Waals surface area contributed by atoms with Crippen LogP contribution in [0.15, 0.2) is 54.6 Å². The highest BCUT2D eigenvalue weighted by Crippen LogP contribution is 2.29. The molecule has 6 rings (SSSR count). The molecule has 2 saturated heterocycles. The van der Waals surface area contributed by atoms with E-state index in [0.717, 1.165) is 61.5 Å². The van der Waals surface area contributed by atoms with E-state index in [2.05, 4.69) is 14.8 Å². The summed E-state index contributed by atoms with van der Waals surface area (Å²) in [5.41, 5.74) is 3.69. The van der Waals surface area contributed by atoms with Crippen molar-refractivity contribution in [1.29, 1.82) is 5.26 Å². The number of fused-ring (bicyclic) bond motifs is 1. The molecular weight excluding hydrogens is 523 g/mol. The number of ether oxygens (including phenoxy) is 1. The number of imidazole rings is 1. The van der Waals surface area contributed by atoms with Gasteiger partial charge in [-0.2, -0.15) is 5.26 Å². The predicted octanol–water partition coefficient (Wildman–Crippen LogP) is 4.92. The molecule has 0 radical (unpaired) electrons. The number of anilines is 1. The second-order valence-electron chi connectivity index (χ2n) is 10.7. The second kappa shape index (κ2) is 11.6. The van der Waals surface area contributed by atoms with Gasteiger partial charge in [0.25, 0.3) is 0 Å². The van der Waals surface area contributed by atoms with Crippen molar-refractivity contribution in [2.45, 2.75) is 50.9 Å². The van der Waals surface area contributed by atoms with Gasteiger partial charge in [0.1, 0.15) is 17.5 Å². The number of piperidine rings is 1. The van der Waals surface area contributed by atoms with Crippen LogP contribution in [0.1, 0.15) is 58.2 Å². The quantitative estimate of drug-likeness (QED) is 0.300. The molecule has 2 fully saturated rings. The first-order valence-electron chi connectivity index (χ1n) is 13.9. The first kappa shape index (κ1) is 26.9. The number of aromatic nitrogens is 3. The largest absolute Gasteiger partial charge is 0.478 e. The summed E-state index contributed by atoms with van der Waals surface area (Å²) in [6.07, 6.45) is 3.03. The highest BCUT2D eigenvalue weighted by molar-refractivity contribution is 5.92. The number of carboxylic acid groups (broad SMARTS) is 1. The summed E-state index contributed by atoms with van der Waals surface area (Å²) in [6, 6.07) is 17.4. The van der Waals surface area contributed by atoms with Gasteiger partial charge in [0.05, 0.1) is 47.4 Å². The van der Waals surface area contributed by atoms with Crippen LogP contribution >= 0.6 is 0 Å². The Kier molecular flexibility index (Phi) is 7.63. The fourth-order valence-corrected chi connectivity index (χ4v) is 5.57. The summed E-state index contributed by atoms with van der Waals surface area (Å²) >= 11 is 0. The van der Waals surface area contributed by atoms with Gasteiger partial charge in [0.2, 0.25) is 0 Å². The minimum absolute atomic E-state index is 0.130. The van der Waals surface area contributed by atoms with E-state index in [1.165, 1.54) is 6.07 Å². The smallest absolute Gasteiger partial charge is 0.335 e. The van der Waals surface area contributed by atoms with E-state index in [4.69, 9.17) is 20.0 Å². The number of hydrogen-bond donors (Lipinski definition) is 2. The summed E-state index contributed by atoms with van der Waals surface area (Å²) in [6.45, 7) is 4.18. The van der Waals surface area contributed by atoms with Crippen LogP contribution in [-0.4, -0.2) is 56.3 Å². The third-order valence-electron chi connectivity index (χ3n) is 8.04. The zero-order chi connectivity index (χ0) is 28.3. The molecule has 0 aliphatic carbocycles. The fraction of sp³-hybridized carbons (Fsp3) is 0.355. The van der Waals surface area contributed by atoms with Crippen LogP contribution in [0, 0.1) is 17.1 Å². The van der Waals surface area contributed by atoms with Crippen LogP contribution in [0.5, 0.6) is 0 Å². The molecule has 2 aliphatic rings. The molecule has 4 aromatic rings. The van der Waals surface area contributed by atoms with Gasteiger partial charge in [-0.1, -0.05) is 12.1 Å². The molecule has 41 heavy (non-hydrogen) atoms. The number of nitrogens with zero attached hydrogens (tertiary/aromatic N) is 5. The number of aromatic carboxylic acids is 1. The average molecular weight is 555 g/mol. The number of likely N-dealkylation sites (tertiary alicyclic amines) is 1. The van der Waals surface area contributed by atoms with Crippen molar-refractivity contribution in [3.05, 3.63) is 88.6 Å². The Labute approximate surface area is 237 Å². The number of carbonyl (C=O) groups is 1. The van der Waals surface area contributed by atoms with E-state index in [1.807, 2.05) is 24.3 Å². The van der Waals surface area contributed by atoms with E-state index in [1.54, 1.807) is 30.3 Å². The average Bonchev–Trinajstić information content (AvgIpc) is 3.30. The number of pyridine rings is 1. The van der Waals surface area contributed by atoms with Crippen LogP contribution in [0.2, 0.25) is 0 Å². The Hall–Kier alpha value is -4.33. The Balaban J connectivity index is 1.10. The van der Waals surface area contributed by atoms with Gasteiger partial charge in [-0.15, -0.1) is 0 Å². The zero-order valence-electron chi connectivity index (χ0n) is 22.6. The van der Waals surface area contributed by atoms with Crippen molar-refractivity contribution in [1.82, 2.24) is 19.4 Å².